The van der Waals surface area contributed by atoms with Crippen molar-refractivity contribution in [2.75, 3.05) is 6.54 Å². The van der Waals surface area contributed by atoms with Gasteiger partial charge in [0, 0.05) is 30.4 Å². The van der Waals surface area contributed by atoms with Gasteiger partial charge in [0.2, 0.25) is 11.8 Å². The van der Waals surface area contributed by atoms with Gasteiger partial charge in [-0.1, -0.05) is 52.8 Å². The summed E-state index contributed by atoms with van der Waals surface area (Å²) < 4.78 is 0. The number of pyridine rings is 1. The van der Waals surface area contributed by atoms with E-state index in [-0.39, 0.29) is 35.5 Å². The Kier molecular flexibility index (Phi) is 8.77. The van der Waals surface area contributed by atoms with E-state index >= 15 is 0 Å². The fourth-order valence-electron chi connectivity index (χ4n) is 5.64. The SMILES string of the molecule is Cc1cccc(C)c1-c1cncc([C@H](CC(=O)O)NC(=O)[C@H](CC(C)C)N2CC(C)(C)CC(C)C2=O)c1. The summed E-state index contributed by atoms with van der Waals surface area (Å²) in [5.41, 5.74) is 4.62. The lowest BCUT2D eigenvalue weighted by atomic mass is 9.78. The molecule has 2 amide bonds. The smallest absolute Gasteiger partial charge is 0.305 e. The highest BCUT2D eigenvalue weighted by atomic mass is 16.4. The van der Waals surface area contributed by atoms with Crippen molar-refractivity contribution in [3.8, 4) is 11.1 Å². The van der Waals surface area contributed by atoms with Gasteiger partial charge in [-0.25, -0.2) is 0 Å². The molecular weight excluding hydrogens is 466 g/mol. The number of carboxylic acid groups (broad SMARTS) is 1. The van der Waals surface area contributed by atoms with E-state index in [9.17, 15) is 19.5 Å². The van der Waals surface area contributed by atoms with Crippen LogP contribution in [0.15, 0.2) is 36.7 Å². The summed E-state index contributed by atoms with van der Waals surface area (Å²) in [5, 5.41) is 12.7. The molecule has 3 rings (SSSR count). The van der Waals surface area contributed by atoms with E-state index in [1.165, 1.54) is 0 Å². The van der Waals surface area contributed by atoms with Crippen LogP contribution >= 0.6 is 0 Å². The number of nitrogens with one attached hydrogen (secondary N) is 1. The number of likely N-dealkylation sites (tertiary alicyclic amines) is 1. The molecule has 1 aromatic carbocycles. The normalized spacial score (nSPS) is 19.0. The molecule has 2 heterocycles. The van der Waals surface area contributed by atoms with Crippen LogP contribution in [0, 0.1) is 31.1 Å². The first-order valence-corrected chi connectivity index (χ1v) is 13.1. The summed E-state index contributed by atoms with van der Waals surface area (Å²) in [6, 6.07) is 6.52. The van der Waals surface area contributed by atoms with Gasteiger partial charge in [-0.2, -0.15) is 0 Å². The Morgan fingerprint density at radius 2 is 1.84 bits per heavy atom. The topological polar surface area (TPSA) is 99.6 Å². The second-order valence-corrected chi connectivity index (χ2v) is 11.8. The van der Waals surface area contributed by atoms with Crippen LogP contribution in [0.5, 0.6) is 0 Å². The number of carbonyl (C=O) groups is 3. The van der Waals surface area contributed by atoms with Crippen molar-refractivity contribution in [3.05, 3.63) is 53.3 Å². The Bertz CT molecular complexity index is 1140. The molecule has 1 unspecified atom stereocenters. The van der Waals surface area contributed by atoms with E-state index in [4.69, 9.17) is 0 Å². The third-order valence-electron chi connectivity index (χ3n) is 7.16. The zero-order valence-electron chi connectivity index (χ0n) is 23.2. The van der Waals surface area contributed by atoms with Gasteiger partial charge in [0.15, 0.2) is 0 Å². The van der Waals surface area contributed by atoms with Crippen LogP contribution < -0.4 is 5.32 Å². The van der Waals surface area contributed by atoms with Crippen LogP contribution in [0.4, 0.5) is 0 Å². The van der Waals surface area contributed by atoms with Gasteiger partial charge in [-0.3, -0.25) is 19.4 Å². The Labute approximate surface area is 220 Å². The van der Waals surface area contributed by atoms with E-state index in [2.05, 4.69) is 24.1 Å². The van der Waals surface area contributed by atoms with Crippen molar-refractivity contribution in [1.82, 2.24) is 15.2 Å². The predicted octanol–water partition coefficient (Wildman–Crippen LogP) is 5.31. The molecule has 7 nitrogen and oxygen atoms in total. The molecule has 3 atom stereocenters. The van der Waals surface area contributed by atoms with E-state index < -0.39 is 18.1 Å². The van der Waals surface area contributed by atoms with Crippen LogP contribution in [0.2, 0.25) is 0 Å². The molecule has 1 aliphatic heterocycles. The van der Waals surface area contributed by atoms with Gasteiger partial charge in [0.25, 0.3) is 0 Å². The highest BCUT2D eigenvalue weighted by Gasteiger charge is 2.42. The van der Waals surface area contributed by atoms with Crippen LogP contribution in [0.3, 0.4) is 0 Å². The molecular formula is C30H41N3O4. The molecule has 0 saturated carbocycles. The Balaban J connectivity index is 1.95. The average Bonchev–Trinajstić information content (AvgIpc) is 2.79. The van der Waals surface area contributed by atoms with E-state index in [1.807, 2.05) is 58.9 Å². The third kappa shape index (κ3) is 6.96. The molecule has 0 bridgehead atoms. The predicted molar refractivity (Wildman–Crippen MR) is 145 cm³/mol. The lowest BCUT2D eigenvalue weighted by molar-refractivity contribution is -0.151. The zero-order valence-corrected chi connectivity index (χ0v) is 23.2. The number of hydrogen-bond donors (Lipinski definition) is 2. The number of aliphatic carboxylic acids is 1. The van der Waals surface area contributed by atoms with Crippen LogP contribution in [-0.4, -0.2) is 45.4 Å². The summed E-state index contributed by atoms with van der Waals surface area (Å²) in [4.78, 5) is 44.9. The maximum atomic E-state index is 13.8. The fourth-order valence-corrected chi connectivity index (χ4v) is 5.64. The van der Waals surface area contributed by atoms with Crippen LogP contribution in [0.25, 0.3) is 11.1 Å². The third-order valence-corrected chi connectivity index (χ3v) is 7.16. The summed E-state index contributed by atoms with van der Waals surface area (Å²) in [6.07, 6.45) is 4.36. The number of carbonyl (C=O) groups excluding carboxylic acids is 2. The lowest BCUT2D eigenvalue weighted by Gasteiger charge is -2.44. The van der Waals surface area contributed by atoms with Crippen molar-refractivity contribution < 1.29 is 19.5 Å². The first-order chi connectivity index (χ1) is 17.3. The molecule has 0 spiro atoms. The maximum Gasteiger partial charge on any atom is 0.305 e. The van der Waals surface area contributed by atoms with Gasteiger partial charge in [0.1, 0.15) is 6.04 Å². The van der Waals surface area contributed by atoms with Crippen molar-refractivity contribution in [3.63, 3.8) is 0 Å². The minimum Gasteiger partial charge on any atom is -0.481 e. The molecule has 7 heteroatoms. The van der Waals surface area contributed by atoms with Gasteiger partial charge < -0.3 is 15.3 Å². The Hall–Kier alpha value is -3.22. The van der Waals surface area contributed by atoms with Crippen molar-refractivity contribution in [1.29, 1.82) is 0 Å². The fraction of sp³-hybridized carbons (Fsp3) is 0.533. The van der Waals surface area contributed by atoms with Gasteiger partial charge in [-0.15, -0.1) is 0 Å². The molecule has 37 heavy (non-hydrogen) atoms. The maximum absolute atomic E-state index is 13.8. The molecule has 200 valence electrons. The molecule has 0 radical (unpaired) electrons. The minimum absolute atomic E-state index is 0.0198. The van der Waals surface area contributed by atoms with Gasteiger partial charge >= 0.3 is 5.97 Å². The van der Waals surface area contributed by atoms with Crippen molar-refractivity contribution in [2.24, 2.45) is 17.3 Å². The highest BCUT2D eigenvalue weighted by Crippen LogP contribution is 2.35. The first-order valence-electron chi connectivity index (χ1n) is 13.1. The molecule has 1 saturated heterocycles. The van der Waals surface area contributed by atoms with E-state index in [1.54, 1.807) is 17.3 Å². The summed E-state index contributed by atoms with van der Waals surface area (Å²) in [6.45, 7) is 14.7. The molecule has 1 fully saturated rings. The number of carboxylic acids is 1. The van der Waals surface area contributed by atoms with Crippen LogP contribution in [0.1, 0.15) is 76.6 Å². The second-order valence-electron chi connectivity index (χ2n) is 11.8. The minimum atomic E-state index is -1.02. The van der Waals surface area contributed by atoms with Crippen LogP contribution in [-0.2, 0) is 14.4 Å². The number of piperidine rings is 1. The zero-order chi connectivity index (χ0) is 27.5. The number of rotatable bonds is 9. The Morgan fingerprint density at radius 3 is 2.43 bits per heavy atom. The number of amides is 2. The van der Waals surface area contributed by atoms with Gasteiger partial charge in [-0.05, 0) is 66.3 Å². The first kappa shape index (κ1) is 28.4. The summed E-state index contributed by atoms with van der Waals surface area (Å²) in [7, 11) is 0. The number of nitrogens with zero attached hydrogens (tertiary/aromatic N) is 2. The average molecular weight is 508 g/mol. The number of hydrogen-bond acceptors (Lipinski definition) is 4. The van der Waals surface area contributed by atoms with Gasteiger partial charge in [0.05, 0.1) is 12.5 Å². The van der Waals surface area contributed by atoms with Crippen molar-refractivity contribution in [2.45, 2.75) is 79.8 Å². The Morgan fingerprint density at radius 1 is 1.19 bits per heavy atom. The number of benzene rings is 1. The molecule has 1 aromatic heterocycles. The lowest BCUT2D eigenvalue weighted by Crippen LogP contribution is -2.57. The number of aromatic nitrogens is 1. The molecule has 2 N–H and O–H groups in total. The molecule has 0 aliphatic carbocycles. The highest BCUT2D eigenvalue weighted by molar-refractivity contribution is 5.89. The van der Waals surface area contributed by atoms with Crippen molar-refractivity contribution >= 4 is 17.8 Å². The van der Waals surface area contributed by atoms with E-state index in [0.29, 0.717) is 18.5 Å². The molecule has 2 aromatic rings. The summed E-state index contributed by atoms with van der Waals surface area (Å²) in [5.74, 6) is -1.36. The van der Waals surface area contributed by atoms with E-state index in [0.717, 1.165) is 28.7 Å². The quantitative estimate of drug-likeness (QED) is 0.479. The monoisotopic (exact) mass is 507 g/mol. The standard InChI is InChI=1S/C30H41N3O4/c1-18(2)11-25(33-17-30(6,7)14-21(5)29(33)37)28(36)32-24(13-26(34)35)22-12-23(16-31-15-22)27-19(3)9-8-10-20(27)4/h8-10,12,15-16,18,21,24-25H,11,13-14,17H2,1-7H3,(H,32,36)(H,34,35)/t21?,24-,25-/m0/s1. The number of aryl methyl sites for hydroxylation is 2. The second kappa shape index (κ2) is 11.4. The summed E-state index contributed by atoms with van der Waals surface area (Å²) >= 11 is 0. The molecule has 1 aliphatic rings. The largest absolute Gasteiger partial charge is 0.481 e.